The predicted molar refractivity (Wildman–Crippen MR) is 86.3 cm³/mol. The van der Waals surface area contributed by atoms with Crippen LogP contribution in [0.25, 0.3) is 11.0 Å². The number of piperazine rings is 1. The lowest BCUT2D eigenvalue weighted by molar-refractivity contribution is 0.0942. The van der Waals surface area contributed by atoms with Gasteiger partial charge in [-0.2, -0.15) is 0 Å². The summed E-state index contributed by atoms with van der Waals surface area (Å²) in [7, 11) is 2.10. The molecule has 1 saturated heterocycles. The van der Waals surface area contributed by atoms with Gasteiger partial charge in [0.25, 0.3) is 5.91 Å². The molecule has 0 unspecified atom stereocenters. The minimum Gasteiger partial charge on any atom is -0.348 e. The van der Waals surface area contributed by atoms with E-state index in [4.69, 9.17) is 0 Å². The molecular formula is C16H20FN5O. The molecule has 1 aromatic carbocycles. The van der Waals surface area contributed by atoms with E-state index in [-0.39, 0.29) is 11.9 Å². The van der Waals surface area contributed by atoms with E-state index in [1.54, 1.807) is 0 Å². The zero-order valence-electron chi connectivity index (χ0n) is 13.3. The summed E-state index contributed by atoms with van der Waals surface area (Å²) in [6.07, 6.45) is 0. The Balaban J connectivity index is 1.89. The third kappa shape index (κ3) is 2.35. The number of benzene rings is 1. The average Bonchev–Trinajstić information content (AvgIpc) is 2.78. The number of hydrogen-bond acceptors (Lipinski definition) is 4. The normalized spacial score (nSPS) is 22.3. The SMILES string of the molecule is C[C@H]1Cn2c(N3CCN(C)CC3)nc3cc(F)cc(c32)C(=O)N1. The van der Waals surface area contributed by atoms with Crippen molar-refractivity contribution in [2.75, 3.05) is 38.1 Å². The highest BCUT2D eigenvalue weighted by molar-refractivity contribution is 6.06. The topological polar surface area (TPSA) is 53.4 Å². The number of likely N-dealkylation sites (N-methyl/N-ethyl adjacent to an activating group) is 1. The maximum atomic E-state index is 13.9. The summed E-state index contributed by atoms with van der Waals surface area (Å²) in [5, 5.41) is 2.92. The lowest BCUT2D eigenvalue weighted by atomic mass is 10.1. The molecule has 0 saturated carbocycles. The van der Waals surface area contributed by atoms with Crippen LogP contribution in [0.5, 0.6) is 0 Å². The molecule has 0 spiro atoms. The second-order valence-corrected chi connectivity index (χ2v) is 6.51. The summed E-state index contributed by atoms with van der Waals surface area (Å²) in [5.74, 6) is 0.181. The number of rotatable bonds is 1. The van der Waals surface area contributed by atoms with Gasteiger partial charge >= 0.3 is 0 Å². The number of amides is 1. The van der Waals surface area contributed by atoms with Crippen LogP contribution < -0.4 is 10.2 Å². The second-order valence-electron chi connectivity index (χ2n) is 6.51. The lowest BCUT2D eigenvalue weighted by Crippen LogP contribution is -2.45. The van der Waals surface area contributed by atoms with E-state index in [9.17, 15) is 9.18 Å². The number of carbonyl (C=O) groups excluding carboxylic acids is 1. The van der Waals surface area contributed by atoms with Crippen molar-refractivity contribution in [3.05, 3.63) is 23.5 Å². The van der Waals surface area contributed by atoms with Crippen LogP contribution in [0.4, 0.5) is 10.3 Å². The minimum atomic E-state index is -0.424. The number of nitrogens with one attached hydrogen (secondary N) is 1. The fourth-order valence-corrected chi connectivity index (χ4v) is 3.44. The molecule has 1 N–H and O–H groups in total. The molecule has 6 nitrogen and oxygen atoms in total. The van der Waals surface area contributed by atoms with Gasteiger partial charge in [-0.15, -0.1) is 0 Å². The molecule has 122 valence electrons. The molecule has 2 aliphatic heterocycles. The van der Waals surface area contributed by atoms with E-state index in [0.29, 0.717) is 17.6 Å². The summed E-state index contributed by atoms with van der Waals surface area (Å²) in [4.78, 5) is 21.5. The van der Waals surface area contributed by atoms with Crippen LogP contribution in [0.15, 0.2) is 12.1 Å². The van der Waals surface area contributed by atoms with Gasteiger partial charge in [0.15, 0.2) is 0 Å². The van der Waals surface area contributed by atoms with Crippen molar-refractivity contribution in [3.63, 3.8) is 0 Å². The molecule has 1 aromatic heterocycles. The van der Waals surface area contributed by atoms with Crippen molar-refractivity contribution < 1.29 is 9.18 Å². The summed E-state index contributed by atoms with van der Waals surface area (Å²) in [6, 6.07) is 2.70. The van der Waals surface area contributed by atoms with Crippen molar-refractivity contribution in [2.24, 2.45) is 0 Å². The number of anilines is 1. The van der Waals surface area contributed by atoms with Crippen molar-refractivity contribution in [2.45, 2.75) is 19.5 Å². The summed E-state index contributed by atoms with van der Waals surface area (Å²) < 4.78 is 16.0. The molecule has 2 aliphatic rings. The van der Waals surface area contributed by atoms with Crippen LogP contribution >= 0.6 is 0 Å². The van der Waals surface area contributed by atoms with Crippen molar-refractivity contribution in [3.8, 4) is 0 Å². The third-order valence-corrected chi connectivity index (χ3v) is 4.65. The Labute approximate surface area is 133 Å². The average molecular weight is 317 g/mol. The van der Waals surface area contributed by atoms with E-state index < -0.39 is 5.82 Å². The molecule has 0 radical (unpaired) electrons. The smallest absolute Gasteiger partial charge is 0.253 e. The number of imidazole rings is 1. The first kappa shape index (κ1) is 14.4. The predicted octanol–water partition coefficient (Wildman–Crippen LogP) is 1.06. The van der Waals surface area contributed by atoms with Crippen LogP contribution in [-0.2, 0) is 6.54 Å². The van der Waals surface area contributed by atoms with Gasteiger partial charge < -0.3 is 19.7 Å². The monoisotopic (exact) mass is 317 g/mol. The lowest BCUT2D eigenvalue weighted by Gasteiger charge is -2.33. The molecular weight excluding hydrogens is 297 g/mol. The molecule has 23 heavy (non-hydrogen) atoms. The molecule has 1 fully saturated rings. The first-order valence-electron chi connectivity index (χ1n) is 7.97. The van der Waals surface area contributed by atoms with E-state index in [1.165, 1.54) is 12.1 Å². The highest BCUT2D eigenvalue weighted by Gasteiger charge is 2.28. The first-order chi connectivity index (χ1) is 11.0. The largest absolute Gasteiger partial charge is 0.348 e. The Morgan fingerprint density at radius 3 is 2.74 bits per heavy atom. The molecule has 0 aliphatic carbocycles. The van der Waals surface area contributed by atoms with E-state index in [1.807, 2.05) is 6.92 Å². The number of hydrogen-bond donors (Lipinski definition) is 1. The maximum absolute atomic E-state index is 13.9. The van der Waals surface area contributed by atoms with Crippen LogP contribution in [0, 0.1) is 5.82 Å². The Kier molecular flexibility index (Phi) is 3.26. The zero-order chi connectivity index (χ0) is 16.1. The van der Waals surface area contributed by atoms with Crippen molar-refractivity contribution in [1.82, 2.24) is 19.8 Å². The molecule has 3 heterocycles. The number of carbonyl (C=O) groups is 1. The molecule has 7 heteroatoms. The van der Waals surface area contributed by atoms with Gasteiger partial charge in [0.1, 0.15) is 5.82 Å². The molecule has 0 bridgehead atoms. The molecule has 2 aromatic rings. The third-order valence-electron chi connectivity index (χ3n) is 4.65. The Morgan fingerprint density at radius 2 is 2.00 bits per heavy atom. The molecule has 4 rings (SSSR count). The molecule has 1 atom stereocenters. The van der Waals surface area contributed by atoms with Crippen LogP contribution in [-0.4, -0.2) is 59.6 Å². The Hall–Kier alpha value is -2.15. The van der Waals surface area contributed by atoms with Gasteiger partial charge in [-0.25, -0.2) is 9.37 Å². The van der Waals surface area contributed by atoms with Gasteiger partial charge in [-0.05, 0) is 20.0 Å². The van der Waals surface area contributed by atoms with Gasteiger partial charge in [0, 0.05) is 44.8 Å². The summed E-state index contributed by atoms with van der Waals surface area (Å²) in [6.45, 7) is 6.30. The first-order valence-corrected chi connectivity index (χ1v) is 7.97. The standard InChI is InChI=1S/C16H20FN5O/c1-10-9-22-14-12(15(23)18-10)7-11(17)8-13(14)19-16(22)21-5-3-20(2)4-6-21/h7-8,10H,3-6,9H2,1-2H3,(H,18,23)/t10-/m0/s1. The molecule has 1 amide bonds. The summed E-state index contributed by atoms with van der Waals surface area (Å²) in [5.41, 5.74) is 1.66. The van der Waals surface area contributed by atoms with E-state index in [0.717, 1.165) is 37.6 Å². The summed E-state index contributed by atoms with van der Waals surface area (Å²) >= 11 is 0. The van der Waals surface area contributed by atoms with Gasteiger partial charge in [-0.1, -0.05) is 0 Å². The number of aromatic nitrogens is 2. The minimum absolute atomic E-state index is 0.0263. The maximum Gasteiger partial charge on any atom is 0.253 e. The van der Waals surface area contributed by atoms with Gasteiger partial charge in [0.05, 0.1) is 16.6 Å². The highest BCUT2D eigenvalue weighted by atomic mass is 19.1. The Morgan fingerprint density at radius 1 is 1.26 bits per heavy atom. The Bertz CT molecular complexity index is 778. The second kappa shape index (κ2) is 5.19. The van der Waals surface area contributed by atoms with Crippen LogP contribution in [0.2, 0.25) is 0 Å². The van der Waals surface area contributed by atoms with E-state index >= 15 is 0 Å². The van der Waals surface area contributed by atoms with Crippen molar-refractivity contribution >= 4 is 22.9 Å². The van der Waals surface area contributed by atoms with Crippen molar-refractivity contribution in [1.29, 1.82) is 0 Å². The van der Waals surface area contributed by atoms with Crippen LogP contribution in [0.3, 0.4) is 0 Å². The number of nitrogens with zero attached hydrogens (tertiary/aromatic N) is 4. The number of halogens is 1. The van der Waals surface area contributed by atoms with E-state index in [2.05, 4.69) is 31.7 Å². The highest BCUT2D eigenvalue weighted by Crippen LogP contribution is 2.29. The van der Waals surface area contributed by atoms with Crippen LogP contribution in [0.1, 0.15) is 17.3 Å². The van der Waals surface area contributed by atoms with Gasteiger partial charge in [0.2, 0.25) is 5.95 Å². The van der Waals surface area contributed by atoms with Gasteiger partial charge in [-0.3, -0.25) is 4.79 Å². The zero-order valence-corrected chi connectivity index (χ0v) is 13.3. The fraction of sp³-hybridized carbons (Fsp3) is 0.500. The fourth-order valence-electron chi connectivity index (χ4n) is 3.44. The quantitative estimate of drug-likeness (QED) is 0.854.